The number of aromatic nitrogens is 1. The highest BCUT2D eigenvalue weighted by molar-refractivity contribution is 7.89. The molecule has 0 amide bonds. The Balaban J connectivity index is 1.76. The number of ether oxygens (including phenoxy) is 1. The van der Waals surface area contributed by atoms with Gasteiger partial charge in [0, 0.05) is 17.8 Å². The van der Waals surface area contributed by atoms with Crippen molar-refractivity contribution in [3.8, 4) is 5.75 Å². The smallest absolute Gasteiger partial charge is 0.466 e. The van der Waals surface area contributed by atoms with Gasteiger partial charge in [-0.2, -0.15) is 0 Å². The summed E-state index contributed by atoms with van der Waals surface area (Å²) >= 11 is 0. The number of nitrogens with zero attached hydrogens (tertiary/aromatic N) is 2. The van der Waals surface area contributed by atoms with E-state index in [1.807, 2.05) is 18.2 Å². The first-order chi connectivity index (χ1) is 12.8. The van der Waals surface area contributed by atoms with Crippen molar-refractivity contribution in [2.75, 3.05) is 19.4 Å². The molecule has 11 heteroatoms. The highest BCUT2D eigenvalue weighted by Gasteiger charge is 2.22. The lowest BCUT2D eigenvalue weighted by Gasteiger charge is -2.18. The standard InChI is InChI=1S/C16H16N2O8S/c1-24-11-5-4-10-6-7-17-13(12(10)9-11)3-2-8-27(22,23)18-16(21)25-14(19)15(20)26-18/h4-5,9H,2-3,6-8H2,1H3. The van der Waals surface area contributed by atoms with Crippen molar-refractivity contribution < 1.29 is 22.1 Å². The monoisotopic (exact) mass is 396 g/mol. The molecule has 2 aromatic rings. The van der Waals surface area contributed by atoms with Crippen LogP contribution in [0, 0.1) is 0 Å². The molecular formula is C16H16N2O8S. The molecule has 27 heavy (non-hydrogen) atoms. The van der Waals surface area contributed by atoms with E-state index in [-0.39, 0.29) is 10.6 Å². The summed E-state index contributed by atoms with van der Waals surface area (Å²) in [5.41, 5.74) is -0.411. The van der Waals surface area contributed by atoms with Crippen LogP contribution in [0.15, 0.2) is 46.5 Å². The van der Waals surface area contributed by atoms with Gasteiger partial charge in [-0.05, 0) is 41.1 Å². The van der Waals surface area contributed by atoms with E-state index in [2.05, 4.69) is 13.9 Å². The summed E-state index contributed by atoms with van der Waals surface area (Å²) in [6.07, 6.45) is 1.23. The van der Waals surface area contributed by atoms with Gasteiger partial charge in [0.15, 0.2) is 0 Å². The summed E-state index contributed by atoms with van der Waals surface area (Å²) in [4.78, 5) is 38.0. The molecule has 0 saturated heterocycles. The van der Waals surface area contributed by atoms with Crippen LogP contribution in [0.5, 0.6) is 5.75 Å². The molecule has 0 N–H and O–H groups in total. The predicted molar refractivity (Wildman–Crippen MR) is 94.3 cm³/mol. The van der Waals surface area contributed by atoms with Gasteiger partial charge in [0.25, 0.3) is 10.0 Å². The van der Waals surface area contributed by atoms with E-state index in [9.17, 15) is 22.8 Å². The van der Waals surface area contributed by atoms with E-state index in [1.165, 1.54) is 0 Å². The van der Waals surface area contributed by atoms with E-state index in [0.717, 1.165) is 23.3 Å². The molecule has 144 valence electrons. The first-order valence-corrected chi connectivity index (χ1v) is 9.64. The van der Waals surface area contributed by atoms with E-state index in [1.54, 1.807) is 7.11 Å². The number of methoxy groups -OCH3 is 1. The minimum atomic E-state index is -4.30. The van der Waals surface area contributed by atoms with Gasteiger partial charge < -0.3 is 13.7 Å². The zero-order chi connectivity index (χ0) is 19.6. The second-order valence-corrected chi connectivity index (χ2v) is 7.69. The van der Waals surface area contributed by atoms with Crippen molar-refractivity contribution in [2.24, 2.45) is 4.99 Å². The molecule has 0 fully saturated rings. The normalized spacial score (nSPS) is 13.7. The number of hydrogen-bond acceptors (Lipinski definition) is 9. The van der Waals surface area contributed by atoms with E-state index in [0.29, 0.717) is 18.7 Å². The van der Waals surface area contributed by atoms with Crippen LogP contribution in [-0.2, 0) is 16.4 Å². The largest absolute Gasteiger partial charge is 0.497 e. The Hall–Kier alpha value is -2.95. The summed E-state index contributed by atoms with van der Waals surface area (Å²) in [6.45, 7) is 0.597. The molecule has 0 saturated carbocycles. The molecule has 0 spiro atoms. The second kappa shape index (κ2) is 7.35. The van der Waals surface area contributed by atoms with Gasteiger partial charge in [0.05, 0.1) is 12.9 Å². The van der Waals surface area contributed by atoms with Crippen LogP contribution in [0.1, 0.15) is 24.0 Å². The third kappa shape index (κ3) is 3.92. The fraction of sp³-hybridized carbons (Fsp3) is 0.375. The van der Waals surface area contributed by atoms with Crippen molar-refractivity contribution in [2.45, 2.75) is 19.3 Å². The van der Waals surface area contributed by atoms with Crippen molar-refractivity contribution in [1.29, 1.82) is 0 Å². The van der Waals surface area contributed by atoms with Gasteiger partial charge >= 0.3 is 17.0 Å². The topological polar surface area (TPSA) is 138 Å². The van der Waals surface area contributed by atoms with Crippen LogP contribution in [-0.4, -0.2) is 37.7 Å². The Morgan fingerprint density at radius 1 is 1.22 bits per heavy atom. The molecule has 3 rings (SSSR count). The Morgan fingerprint density at radius 3 is 2.74 bits per heavy atom. The minimum absolute atomic E-state index is 0.118. The molecule has 2 heterocycles. The fourth-order valence-electron chi connectivity index (χ4n) is 2.76. The van der Waals surface area contributed by atoms with Crippen LogP contribution < -0.4 is 21.7 Å². The molecule has 1 aliphatic heterocycles. The number of hydrogen-bond donors (Lipinski definition) is 0. The summed E-state index contributed by atoms with van der Waals surface area (Å²) in [5, 5.41) is 0. The lowest BCUT2D eigenvalue weighted by Crippen LogP contribution is -2.38. The Labute approximate surface area is 152 Å². The minimum Gasteiger partial charge on any atom is -0.497 e. The maximum absolute atomic E-state index is 12.2. The van der Waals surface area contributed by atoms with E-state index >= 15 is 0 Å². The van der Waals surface area contributed by atoms with Gasteiger partial charge in [-0.25, -0.2) is 22.8 Å². The lowest BCUT2D eigenvalue weighted by molar-refractivity contribution is 0.229. The fourth-order valence-corrected chi connectivity index (χ4v) is 3.88. The number of fused-ring (bicyclic) bond motifs is 1. The van der Waals surface area contributed by atoms with Crippen LogP contribution in [0.4, 0.5) is 0 Å². The van der Waals surface area contributed by atoms with Gasteiger partial charge in [-0.3, -0.25) is 4.99 Å². The molecule has 1 aliphatic rings. The Bertz CT molecular complexity index is 1170. The lowest BCUT2D eigenvalue weighted by atomic mass is 9.95. The van der Waals surface area contributed by atoms with Crippen molar-refractivity contribution in [1.82, 2.24) is 4.15 Å². The van der Waals surface area contributed by atoms with Crippen LogP contribution in [0.3, 0.4) is 0 Å². The number of benzene rings is 1. The molecule has 0 atom stereocenters. The molecule has 0 bridgehead atoms. The first kappa shape index (κ1) is 18.8. The SMILES string of the molecule is COc1ccc2c(c1)C(CCCS(=O)(=O)n1oc(=O)c(=O)oc1=O)=NCC2. The molecular weight excluding hydrogens is 380 g/mol. The molecule has 0 unspecified atom stereocenters. The van der Waals surface area contributed by atoms with Gasteiger partial charge in [0.2, 0.25) is 0 Å². The van der Waals surface area contributed by atoms with E-state index < -0.39 is 32.8 Å². The zero-order valence-corrected chi connectivity index (χ0v) is 15.2. The summed E-state index contributed by atoms with van der Waals surface area (Å²) in [6, 6.07) is 5.64. The molecule has 0 radical (unpaired) electrons. The second-order valence-electron chi connectivity index (χ2n) is 5.78. The van der Waals surface area contributed by atoms with Crippen LogP contribution >= 0.6 is 0 Å². The average molecular weight is 396 g/mol. The Kier molecular flexibility index (Phi) is 5.13. The molecule has 1 aromatic carbocycles. The quantitative estimate of drug-likeness (QED) is 0.610. The number of aliphatic imine (C=N–C) groups is 1. The highest BCUT2D eigenvalue weighted by atomic mass is 32.2. The maximum Gasteiger partial charge on any atom is 0.466 e. The zero-order valence-electron chi connectivity index (χ0n) is 14.3. The van der Waals surface area contributed by atoms with Gasteiger partial charge in [0.1, 0.15) is 5.75 Å². The van der Waals surface area contributed by atoms with Crippen molar-refractivity contribution in [3.05, 3.63) is 60.7 Å². The third-order valence-corrected chi connectivity index (χ3v) is 5.58. The van der Waals surface area contributed by atoms with Crippen molar-refractivity contribution in [3.63, 3.8) is 0 Å². The first-order valence-electron chi connectivity index (χ1n) is 8.03. The third-order valence-electron chi connectivity index (χ3n) is 4.04. The van der Waals surface area contributed by atoms with Gasteiger partial charge in [-0.15, -0.1) is 0 Å². The summed E-state index contributed by atoms with van der Waals surface area (Å²) < 4.78 is 37.7. The van der Waals surface area contributed by atoms with Crippen molar-refractivity contribution >= 4 is 15.7 Å². The Morgan fingerprint density at radius 2 is 2.00 bits per heavy atom. The van der Waals surface area contributed by atoms with Crippen LogP contribution in [0.2, 0.25) is 0 Å². The molecule has 1 aromatic heterocycles. The van der Waals surface area contributed by atoms with Gasteiger partial charge in [-0.1, -0.05) is 6.07 Å². The van der Waals surface area contributed by atoms with E-state index in [4.69, 9.17) is 4.74 Å². The molecule has 0 aliphatic carbocycles. The van der Waals surface area contributed by atoms with Crippen LogP contribution in [0.25, 0.3) is 0 Å². The predicted octanol–water partition coefficient (Wildman–Crippen LogP) is -0.233. The maximum atomic E-state index is 12.2. The number of rotatable bonds is 6. The summed E-state index contributed by atoms with van der Waals surface area (Å²) in [5.74, 6) is -1.39. The summed E-state index contributed by atoms with van der Waals surface area (Å²) in [7, 11) is -2.74. The highest BCUT2D eigenvalue weighted by Crippen LogP contribution is 2.23. The molecule has 10 nitrogen and oxygen atoms in total. The average Bonchev–Trinajstić information content (AvgIpc) is 2.64.